The molecule has 25 heavy (non-hydrogen) atoms. The summed E-state index contributed by atoms with van der Waals surface area (Å²) in [5.74, 6) is 0.633. The summed E-state index contributed by atoms with van der Waals surface area (Å²) >= 11 is 0. The second-order valence-electron chi connectivity index (χ2n) is 6.54. The number of ether oxygens (including phenoxy) is 2. The van der Waals surface area contributed by atoms with E-state index < -0.39 is 11.8 Å². The quantitative estimate of drug-likeness (QED) is 0.772. The smallest absolute Gasteiger partial charge is 0.309 e. The third kappa shape index (κ3) is 5.37. The van der Waals surface area contributed by atoms with E-state index in [0.717, 1.165) is 24.8 Å². The number of hydrogen-bond acceptors (Lipinski definition) is 4. The maximum Gasteiger partial charge on any atom is 0.309 e. The van der Waals surface area contributed by atoms with Gasteiger partial charge in [-0.05, 0) is 42.9 Å². The number of methoxy groups -OCH3 is 2. The molecular weight excluding hydrogens is 320 g/mol. The minimum absolute atomic E-state index is 0.109. The average Bonchev–Trinajstić information content (AvgIpc) is 2.63. The Morgan fingerprint density at radius 1 is 1.08 bits per heavy atom. The van der Waals surface area contributed by atoms with Gasteiger partial charge in [-0.25, -0.2) is 0 Å². The molecule has 6 heteroatoms. The van der Waals surface area contributed by atoms with Crippen LogP contribution in [0.25, 0.3) is 0 Å². The van der Waals surface area contributed by atoms with Crippen LogP contribution in [-0.2, 0) is 16.0 Å². The molecule has 1 aliphatic carbocycles. The summed E-state index contributed by atoms with van der Waals surface area (Å²) < 4.78 is 10.5. The maximum atomic E-state index is 12.0. The molecule has 6 nitrogen and oxygen atoms in total. The molecule has 2 amide bonds. The lowest BCUT2D eigenvalue weighted by molar-refractivity contribution is -0.139. The number of nitrogens with one attached hydrogen (secondary N) is 2. The van der Waals surface area contributed by atoms with Crippen molar-refractivity contribution < 1.29 is 19.1 Å². The molecular formula is C19H28N2O4. The minimum atomic E-state index is -0.571. The summed E-state index contributed by atoms with van der Waals surface area (Å²) in [5.41, 5.74) is 0.999. The molecule has 138 valence electrons. The van der Waals surface area contributed by atoms with Crippen LogP contribution in [0.3, 0.4) is 0 Å². The van der Waals surface area contributed by atoms with E-state index in [0.29, 0.717) is 30.4 Å². The van der Waals surface area contributed by atoms with Crippen LogP contribution < -0.4 is 20.1 Å². The molecule has 0 heterocycles. The molecule has 1 saturated carbocycles. The molecule has 1 aliphatic rings. The largest absolute Gasteiger partial charge is 0.493 e. The molecule has 0 radical (unpaired) electrons. The number of hydrogen-bond donors (Lipinski definition) is 2. The third-order valence-corrected chi connectivity index (χ3v) is 4.78. The Morgan fingerprint density at radius 3 is 2.48 bits per heavy atom. The lowest BCUT2D eigenvalue weighted by Crippen LogP contribution is -2.48. The molecule has 0 aliphatic heterocycles. The predicted octanol–water partition coefficient (Wildman–Crippen LogP) is 2.06. The van der Waals surface area contributed by atoms with E-state index in [4.69, 9.17) is 9.47 Å². The van der Waals surface area contributed by atoms with Crippen molar-refractivity contribution in [1.82, 2.24) is 10.6 Å². The van der Waals surface area contributed by atoms with Crippen LogP contribution in [0.15, 0.2) is 18.2 Å². The lowest BCUT2D eigenvalue weighted by Gasteiger charge is -2.29. The zero-order valence-electron chi connectivity index (χ0n) is 15.3. The van der Waals surface area contributed by atoms with Gasteiger partial charge < -0.3 is 20.1 Å². The van der Waals surface area contributed by atoms with Gasteiger partial charge in [0.15, 0.2) is 11.5 Å². The van der Waals surface area contributed by atoms with Crippen LogP contribution >= 0.6 is 0 Å². The molecule has 0 bridgehead atoms. The van der Waals surface area contributed by atoms with Crippen molar-refractivity contribution in [3.63, 3.8) is 0 Å². The van der Waals surface area contributed by atoms with Crippen LogP contribution in [-0.4, -0.2) is 38.6 Å². The van der Waals surface area contributed by atoms with E-state index in [1.54, 1.807) is 14.2 Å². The van der Waals surface area contributed by atoms with Gasteiger partial charge in [0.25, 0.3) is 0 Å². The highest BCUT2D eigenvalue weighted by atomic mass is 16.5. The van der Waals surface area contributed by atoms with Crippen LogP contribution in [0, 0.1) is 5.92 Å². The highest BCUT2D eigenvalue weighted by Crippen LogP contribution is 2.27. The van der Waals surface area contributed by atoms with Gasteiger partial charge in [0.2, 0.25) is 0 Å². The molecule has 1 aromatic carbocycles. The van der Waals surface area contributed by atoms with Crippen molar-refractivity contribution in [2.24, 2.45) is 5.92 Å². The first kappa shape index (κ1) is 19.1. The van der Waals surface area contributed by atoms with E-state index in [2.05, 4.69) is 17.6 Å². The van der Waals surface area contributed by atoms with Gasteiger partial charge in [-0.2, -0.15) is 0 Å². The van der Waals surface area contributed by atoms with Crippen molar-refractivity contribution in [1.29, 1.82) is 0 Å². The first-order chi connectivity index (χ1) is 12.0. The van der Waals surface area contributed by atoms with Gasteiger partial charge in [0.05, 0.1) is 14.2 Å². The Bertz CT molecular complexity index is 603. The monoisotopic (exact) mass is 348 g/mol. The Morgan fingerprint density at radius 2 is 1.80 bits per heavy atom. The van der Waals surface area contributed by atoms with Crippen LogP contribution in [0.1, 0.15) is 38.2 Å². The van der Waals surface area contributed by atoms with Crippen LogP contribution in [0.4, 0.5) is 0 Å². The van der Waals surface area contributed by atoms with Crippen LogP contribution in [0.5, 0.6) is 11.5 Å². The molecule has 1 fully saturated rings. The van der Waals surface area contributed by atoms with E-state index >= 15 is 0 Å². The average molecular weight is 348 g/mol. The summed E-state index contributed by atoms with van der Waals surface area (Å²) in [4.78, 5) is 24.0. The standard InChI is InChI=1S/C19H28N2O4/c1-13-6-4-5-7-15(13)21-19(23)18(22)20-11-10-14-8-9-16(24-2)17(12-14)25-3/h8-9,12-13,15H,4-7,10-11H2,1-3H3,(H,20,22)(H,21,23)/t13-,15+/m0/s1. The number of benzene rings is 1. The van der Waals surface area contributed by atoms with Crippen molar-refractivity contribution in [2.45, 2.75) is 45.1 Å². The van der Waals surface area contributed by atoms with Gasteiger partial charge in [-0.15, -0.1) is 0 Å². The number of amides is 2. The molecule has 0 saturated heterocycles. The summed E-state index contributed by atoms with van der Waals surface area (Å²) in [7, 11) is 3.17. The Hall–Kier alpha value is -2.24. The summed E-state index contributed by atoms with van der Waals surface area (Å²) in [6.45, 7) is 2.51. The first-order valence-corrected chi connectivity index (χ1v) is 8.84. The molecule has 0 spiro atoms. The fraction of sp³-hybridized carbons (Fsp3) is 0.579. The number of rotatable bonds is 6. The Balaban J connectivity index is 1.78. The topological polar surface area (TPSA) is 76.7 Å². The zero-order valence-corrected chi connectivity index (χ0v) is 15.3. The second kappa shape index (κ2) is 9.30. The van der Waals surface area contributed by atoms with E-state index in [1.807, 2.05) is 18.2 Å². The van der Waals surface area contributed by atoms with Gasteiger partial charge in [-0.1, -0.05) is 25.8 Å². The summed E-state index contributed by atoms with van der Waals surface area (Å²) in [5, 5.41) is 5.54. The van der Waals surface area contributed by atoms with E-state index in [-0.39, 0.29) is 6.04 Å². The minimum Gasteiger partial charge on any atom is -0.493 e. The molecule has 0 unspecified atom stereocenters. The number of carbonyl (C=O) groups is 2. The highest BCUT2D eigenvalue weighted by Gasteiger charge is 2.25. The van der Waals surface area contributed by atoms with E-state index in [1.165, 1.54) is 6.42 Å². The normalized spacial score (nSPS) is 19.8. The van der Waals surface area contributed by atoms with Crippen molar-refractivity contribution in [3.8, 4) is 11.5 Å². The molecule has 2 atom stereocenters. The van der Waals surface area contributed by atoms with Gasteiger partial charge in [0, 0.05) is 12.6 Å². The molecule has 2 rings (SSSR count). The molecule has 0 aromatic heterocycles. The highest BCUT2D eigenvalue weighted by molar-refractivity contribution is 6.35. The van der Waals surface area contributed by atoms with Gasteiger partial charge >= 0.3 is 11.8 Å². The second-order valence-corrected chi connectivity index (χ2v) is 6.54. The van der Waals surface area contributed by atoms with Gasteiger partial charge in [-0.3, -0.25) is 9.59 Å². The zero-order chi connectivity index (χ0) is 18.2. The summed E-state index contributed by atoms with van der Waals surface area (Å²) in [6, 6.07) is 5.72. The Kier molecular flexibility index (Phi) is 7.10. The first-order valence-electron chi connectivity index (χ1n) is 8.84. The van der Waals surface area contributed by atoms with Crippen molar-refractivity contribution >= 4 is 11.8 Å². The van der Waals surface area contributed by atoms with E-state index in [9.17, 15) is 9.59 Å². The fourth-order valence-electron chi connectivity index (χ4n) is 3.20. The fourth-order valence-corrected chi connectivity index (χ4v) is 3.20. The molecule has 1 aromatic rings. The number of carbonyl (C=O) groups excluding carboxylic acids is 2. The molecule has 2 N–H and O–H groups in total. The maximum absolute atomic E-state index is 12.0. The van der Waals surface area contributed by atoms with Crippen LogP contribution in [0.2, 0.25) is 0 Å². The third-order valence-electron chi connectivity index (χ3n) is 4.78. The van der Waals surface area contributed by atoms with Crippen molar-refractivity contribution in [3.05, 3.63) is 23.8 Å². The summed E-state index contributed by atoms with van der Waals surface area (Å²) in [6.07, 6.45) is 4.97. The van der Waals surface area contributed by atoms with Gasteiger partial charge in [0.1, 0.15) is 0 Å². The predicted molar refractivity (Wildman–Crippen MR) is 95.8 cm³/mol. The lowest BCUT2D eigenvalue weighted by atomic mass is 9.86. The SMILES string of the molecule is COc1ccc(CCNC(=O)C(=O)N[C@@H]2CCCC[C@@H]2C)cc1OC. The Labute approximate surface area is 149 Å². The van der Waals surface area contributed by atoms with Crippen molar-refractivity contribution in [2.75, 3.05) is 20.8 Å².